The molecule has 1 aliphatic heterocycles. The van der Waals surface area contributed by atoms with Gasteiger partial charge in [-0.3, -0.25) is 4.79 Å². The number of rotatable bonds is 6. The number of amidine groups is 1. The Labute approximate surface area is 170 Å². The summed E-state index contributed by atoms with van der Waals surface area (Å²) < 4.78 is 0. The highest BCUT2D eigenvalue weighted by atomic mass is 35.5. The zero-order chi connectivity index (χ0) is 20.1. The second-order valence-corrected chi connectivity index (χ2v) is 7.70. The first-order valence-electron chi connectivity index (χ1n) is 9.47. The van der Waals surface area contributed by atoms with Gasteiger partial charge in [0.15, 0.2) is 0 Å². The third-order valence-corrected chi connectivity index (χ3v) is 5.71. The van der Waals surface area contributed by atoms with E-state index in [1.807, 2.05) is 0 Å². The number of carbonyl (C=O) groups is 1. The van der Waals surface area contributed by atoms with Gasteiger partial charge in [-0.1, -0.05) is 11.6 Å². The van der Waals surface area contributed by atoms with Crippen molar-refractivity contribution in [1.29, 1.82) is 5.26 Å². The molecule has 1 amide bonds. The molecule has 1 heterocycles. The average molecular weight is 401 g/mol. The fourth-order valence-electron chi connectivity index (χ4n) is 3.70. The standard InChI is InChI=1S/C20H25ClN6O/c21-14-2-4-15(5-3-14)26-19(23)17(20(24)28)12-25-18-7-6-16(10-13(18)11-22)27-8-1-9-27/h2-5,12-13,16,18,25H,1,6-10H2,(H2,23,26)(H2,24,28)/b17-12+/t13-,16-,18+/m1/s1. The van der Waals surface area contributed by atoms with Gasteiger partial charge < -0.3 is 21.7 Å². The van der Waals surface area contributed by atoms with Crippen molar-refractivity contribution in [2.24, 2.45) is 22.4 Å². The lowest BCUT2D eigenvalue weighted by Gasteiger charge is -2.43. The van der Waals surface area contributed by atoms with Gasteiger partial charge in [0.1, 0.15) is 5.84 Å². The Hall–Kier alpha value is -2.56. The summed E-state index contributed by atoms with van der Waals surface area (Å²) in [4.78, 5) is 18.5. The predicted octanol–water partition coefficient (Wildman–Crippen LogP) is 2.05. The van der Waals surface area contributed by atoms with E-state index in [2.05, 4.69) is 21.3 Å². The van der Waals surface area contributed by atoms with Gasteiger partial charge in [-0.05, 0) is 63.0 Å². The van der Waals surface area contributed by atoms with Gasteiger partial charge in [0.05, 0.1) is 23.2 Å². The number of nitriles is 1. The van der Waals surface area contributed by atoms with Crippen molar-refractivity contribution in [2.45, 2.75) is 37.8 Å². The zero-order valence-electron chi connectivity index (χ0n) is 15.6. The van der Waals surface area contributed by atoms with E-state index in [0.717, 1.165) is 32.4 Å². The molecule has 28 heavy (non-hydrogen) atoms. The van der Waals surface area contributed by atoms with Gasteiger partial charge in [-0.15, -0.1) is 0 Å². The molecule has 1 saturated carbocycles. The average Bonchev–Trinajstić information content (AvgIpc) is 2.63. The van der Waals surface area contributed by atoms with E-state index in [-0.39, 0.29) is 23.4 Å². The number of nitrogens with zero attached hydrogens (tertiary/aromatic N) is 3. The summed E-state index contributed by atoms with van der Waals surface area (Å²) in [5.74, 6) is -0.783. The van der Waals surface area contributed by atoms with Gasteiger partial charge in [0.25, 0.3) is 5.91 Å². The SMILES string of the molecule is N#C[C@H]1C[C@H](N2CCC2)CC[C@@H]1N/C=C(/C(N)=O)C(N)=Nc1ccc(Cl)cc1. The minimum absolute atomic E-state index is 0.0186. The van der Waals surface area contributed by atoms with Crippen molar-refractivity contribution in [2.75, 3.05) is 13.1 Å². The summed E-state index contributed by atoms with van der Waals surface area (Å²) in [6.45, 7) is 2.26. The Morgan fingerprint density at radius 2 is 2.00 bits per heavy atom. The van der Waals surface area contributed by atoms with Crippen LogP contribution in [0.4, 0.5) is 5.69 Å². The molecule has 2 aliphatic rings. The summed E-state index contributed by atoms with van der Waals surface area (Å²) >= 11 is 5.86. The number of amides is 1. The first kappa shape index (κ1) is 20.2. The lowest BCUT2D eigenvalue weighted by Crippen LogP contribution is -2.50. The van der Waals surface area contributed by atoms with Crippen molar-refractivity contribution < 1.29 is 4.79 Å². The topological polar surface area (TPSA) is 121 Å². The molecule has 1 aromatic carbocycles. The number of halogens is 1. The minimum Gasteiger partial charge on any atom is -0.386 e. The van der Waals surface area contributed by atoms with Crippen LogP contribution in [0.15, 0.2) is 41.0 Å². The molecular weight excluding hydrogens is 376 g/mol. The predicted molar refractivity (Wildman–Crippen MR) is 110 cm³/mol. The number of nitrogens with one attached hydrogen (secondary N) is 1. The third kappa shape index (κ3) is 4.83. The van der Waals surface area contributed by atoms with Gasteiger partial charge in [0, 0.05) is 23.3 Å². The van der Waals surface area contributed by atoms with E-state index in [9.17, 15) is 10.1 Å². The molecule has 1 aromatic rings. The number of hydrogen-bond acceptors (Lipinski definition) is 5. The van der Waals surface area contributed by atoms with E-state index >= 15 is 0 Å². The highest BCUT2D eigenvalue weighted by Gasteiger charge is 2.34. The molecule has 8 heteroatoms. The molecule has 2 fully saturated rings. The maximum absolute atomic E-state index is 11.9. The molecule has 1 saturated heterocycles. The second-order valence-electron chi connectivity index (χ2n) is 7.26. The van der Waals surface area contributed by atoms with E-state index in [1.54, 1.807) is 24.3 Å². The maximum atomic E-state index is 11.9. The molecule has 3 rings (SSSR count). The lowest BCUT2D eigenvalue weighted by atomic mass is 9.81. The summed E-state index contributed by atoms with van der Waals surface area (Å²) in [5.41, 5.74) is 12.1. The highest BCUT2D eigenvalue weighted by molar-refractivity contribution is 6.30. The fourth-order valence-corrected chi connectivity index (χ4v) is 3.83. The van der Waals surface area contributed by atoms with Crippen molar-refractivity contribution in [1.82, 2.24) is 10.2 Å². The van der Waals surface area contributed by atoms with Crippen LogP contribution in [0, 0.1) is 17.2 Å². The van der Waals surface area contributed by atoms with E-state index in [0.29, 0.717) is 16.8 Å². The van der Waals surface area contributed by atoms with Gasteiger partial charge >= 0.3 is 0 Å². The normalized spacial score (nSPS) is 26.2. The maximum Gasteiger partial charge on any atom is 0.253 e. The zero-order valence-corrected chi connectivity index (χ0v) is 16.4. The Morgan fingerprint density at radius 1 is 1.29 bits per heavy atom. The van der Waals surface area contributed by atoms with E-state index < -0.39 is 5.91 Å². The molecule has 0 unspecified atom stereocenters. The largest absolute Gasteiger partial charge is 0.386 e. The van der Waals surface area contributed by atoms with Gasteiger partial charge in [0.2, 0.25) is 0 Å². The van der Waals surface area contributed by atoms with Crippen LogP contribution in [0.5, 0.6) is 0 Å². The van der Waals surface area contributed by atoms with Gasteiger partial charge in [-0.25, -0.2) is 4.99 Å². The van der Waals surface area contributed by atoms with Crippen molar-refractivity contribution in [3.05, 3.63) is 41.1 Å². The Morgan fingerprint density at radius 3 is 2.57 bits per heavy atom. The molecule has 1 aliphatic carbocycles. The van der Waals surface area contributed by atoms with Gasteiger partial charge in [-0.2, -0.15) is 5.26 Å². The number of carbonyl (C=O) groups excluding carboxylic acids is 1. The van der Waals surface area contributed by atoms with Crippen molar-refractivity contribution in [3.8, 4) is 6.07 Å². The summed E-state index contributed by atoms with van der Waals surface area (Å²) in [7, 11) is 0. The Kier molecular flexibility index (Phi) is 6.55. The Bertz CT molecular complexity index is 809. The molecule has 148 valence electrons. The minimum atomic E-state index is -0.675. The van der Waals surface area contributed by atoms with Crippen LogP contribution in [-0.4, -0.2) is 41.8 Å². The van der Waals surface area contributed by atoms with Crippen LogP contribution in [0.25, 0.3) is 0 Å². The smallest absolute Gasteiger partial charge is 0.253 e. The second kappa shape index (κ2) is 9.09. The van der Waals surface area contributed by atoms with Crippen LogP contribution in [0.2, 0.25) is 5.02 Å². The Balaban J connectivity index is 1.69. The van der Waals surface area contributed by atoms with Crippen LogP contribution < -0.4 is 16.8 Å². The first-order valence-corrected chi connectivity index (χ1v) is 9.85. The van der Waals surface area contributed by atoms with Crippen molar-refractivity contribution in [3.63, 3.8) is 0 Å². The third-order valence-electron chi connectivity index (χ3n) is 5.45. The monoisotopic (exact) mass is 400 g/mol. The molecule has 0 aromatic heterocycles. The summed E-state index contributed by atoms with van der Waals surface area (Å²) in [6.07, 6.45) is 5.46. The number of benzene rings is 1. The molecule has 5 N–H and O–H groups in total. The van der Waals surface area contributed by atoms with Crippen LogP contribution in [0.3, 0.4) is 0 Å². The lowest BCUT2D eigenvalue weighted by molar-refractivity contribution is -0.114. The summed E-state index contributed by atoms with van der Waals surface area (Å²) in [6, 6.07) is 9.62. The fraction of sp³-hybridized carbons (Fsp3) is 0.450. The number of aliphatic imine (C=N–C) groups is 1. The summed E-state index contributed by atoms with van der Waals surface area (Å²) in [5, 5.41) is 13.3. The van der Waals surface area contributed by atoms with E-state index in [4.69, 9.17) is 23.1 Å². The van der Waals surface area contributed by atoms with Crippen LogP contribution in [0.1, 0.15) is 25.7 Å². The van der Waals surface area contributed by atoms with Crippen molar-refractivity contribution >= 4 is 29.0 Å². The number of nitrogens with two attached hydrogens (primary N) is 2. The molecule has 3 atom stereocenters. The van der Waals surface area contributed by atoms with E-state index in [1.165, 1.54) is 12.6 Å². The molecule has 0 radical (unpaired) electrons. The quantitative estimate of drug-likeness (QED) is 0.383. The number of primary amides is 1. The number of hydrogen-bond donors (Lipinski definition) is 3. The molecule has 0 spiro atoms. The first-order chi connectivity index (χ1) is 13.5. The van der Waals surface area contributed by atoms with Crippen LogP contribution >= 0.6 is 11.6 Å². The van der Waals surface area contributed by atoms with Crippen LogP contribution in [-0.2, 0) is 4.79 Å². The molecular formula is C20H25ClN6O. The highest BCUT2D eigenvalue weighted by Crippen LogP contribution is 2.30. The molecule has 7 nitrogen and oxygen atoms in total. The molecule has 0 bridgehead atoms. The number of likely N-dealkylation sites (tertiary alicyclic amines) is 1.